The minimum atomic E-state index is -4.82. The number of hydrogen-bond donors (Lipinski definition) is 1. The summed E-state index contributed by atoms with van der Waals surface area (Å²) in [5, 5.41) is 2.17. The van der Waals surface area contributed by atoms with Crippen LogP contribution in [0, 0.1) is 16.3 Å². The van der Waals surface area contributed by atoms with Gasteiger partial charge in [0.2, 0.25) is 0 Å². The Kier molecular flexibility index (Phi) is 4.74. The van der Waals surface area contributed by atoms with Crippen LogP contribution in [-0.2, 0) is 6.18 Å². The molecule has 0 radical (unpaired) electrons. The molecule has 1 N–H and O–H groups in total. The summed E-state index contributed by atoms with van der Waals surface area (Å²) < 4.78 is 52.6. The fourth-order valence-electron chi connectivity index (χ4n) is 1.78. The fourth-order valence-corrected chi connectivity index (χ4v) is 2.29. The first kappa shape index (κ1) is 16.7. The molecule has 1 amide bonds. The molecular weight excluding hydrogens is 413 g/mol. The standard InChI is InChI=1S/C15H10F4INO/c1-8-5-6-9(7-11(8)20)14(22)21-12-4-2-3-10(13(12)16)15(17,18)19/h2-7H,1H3,(H,21,22). The van der Waals surface area contributed by atoms with Crippen molar-refractivity contribution in [3.63, 3.8) is 0 Å². The number of benzene rings is 2. The van der Waals surface area contributed by atoms with E-state index in [1.807, 2.05) is 29.5 Å². The van der Waals surface area contributed by atoms with Crippen molar-refractivity contribution < 1.29 is 22.4 Å². The van der Waals surface area contributed by atoms with Crippen molar-refractivity contribution in [1.82, 2.24) is 0 Å². The van der Waals surface area contributed by atoms with Crippen molar-refractivity contribution in [3.05, 3.63) is 62.5 Å². The number of amides is 1. The first-order chi connectivity index (χ1) is 10.2. The molecule has 0 aliphatic rings. The van der Waals surface area contributed by atoms with Crippen molar-refractivity contribution in [3.8, 4) is 0 Å². The van der Waals surface area contributed by atoms with Crippen molar-refractivity contribution >= 4 is 34.2 Å². The van der Waals surface area contributed by atoms with Crippen LogP contribution in [0.2, 0.25) is 0 Å². The quantitative estimate of drug-likeness (QED) is 0.534. The Morgan fingerprint density at radius 3 is 2.45 bits per heavy atom. The van der Waals surface area contributed by atoms with Gasteiger partial charge in [0, 0.05) is 9.13 Å². The second kappa shape index (κ2) is 6.23. The second-order valence-corrected chi connectivity index (χ2v) is 5.75. The van der Waals surface area contributed by atoms with E-state index in [0.717, 1.165) is 21.3 Å². The van der Waals surface area contributed by atoms with Gasteiger partial charge in [-0.25, -0.2) is 4.39 Å². The molecule has 0 aromatic heterocycles. The van der Waals surface area contributed by atoms with Gasteiger partial charge >= 0.3 is 6.18 Å². The number of anilines is 1. The van der Waals surface area contributed by atoms with Gasteiger partial charge in [0.15, 0.2) is 5.82 Å². The highest BCUT2D eigenvalue weighted by molar-refractivity contribution is 14.1. The van der Waals surface area contributed by atoms with Crippen molar-refractivity contribution in [2.75, 3.05) is 5.32 Å². The van der Waals surface area contributed by atoms with Crippen LogP contribution in [0.5, 0.6) is 0 Å². The Hall–Kier alpha value is -1.64. The molecule has 2 aromatic carbocycles. The van der Waals surface area contributed by atoms with Gasteiger partial charge in [0.05, 0.1) is 11.3 Å². The summed E-state index contributed by atoms with van der Waals surface area (Å²) in [6.45, 7) is 1.86. The zero-order valence-electron chi connectivity index (χ0n) is 11.3. The maximum Gasteiger partial charge on any atom is 0.419 e. The molecule has 0 aliphatic heterocycles. The fraction of sp³-hybridized carbons (Fsp3) is 0.133. The van der Waals surface area contributed by atoms with Crippen LogP contribution in [0.3, 0.4) is 0 Å². The van der Waals surface area contributed by atoms with E-state index in [1.54, 1.807) is 12.1 Å². The monoisotopic (exact) mass is 423 g/mol. The van der Waals surface area contributed by atoms with Crippen LogP contribution in [0.25, 0.3) is 0 Å². The van der Waals surface area contributed by atoms with E-state index >= 15 is 0 Å². The van der Waals surface area contributed by atoms with E-state index in [4.69, 9.17) is 0 Å². The zero-order valence-corrected chi connectivity index (χ0v) is 13.4. The van der Waals surface area contributed by atoms with Gasteiger partial charge in [-0.1, -0.05) is 12.1 Å². The molecule has 7 heteroatoms. The van der Waals surface area contributed by atoms with Gasteiger partial charge < -0.3 is 5.32 Å². The molecule has 0 atom stereocenters. The maximum absolute atomic E-state index is 13.9. The van der Waals surface area contributed by atoms with E-state index in [9.17, 15) is 22.4 Å². The molecular formula is C15H10F4INO. The van der Waals surface area contributed by atoms with Crippen molar-refractivity contribution in [2.45, 2.75) is 13.1 Å². The predicted molar refractivity (Wildman–Crippen MR) is 83.3 cm³/mol. The predicted octanol–water partition coefficient (Wildman–Crippen LogP) is 5.01. The SMILES string of the molecule is Cc1ccc(C(=O)Nc2cccc(C(F)(F)F)c2F)cc1I. The topological polar surface area (TPSA) is 29.1 Å². The summed E-state index contributed by atoms with van der Waals surface area (Å²) in [4.78, 5) is 12.0. The highest BCUT2D eigenvalue weighted by Crippen LogP contribution is 2.34. The normalized spacial score (nSPS) is 11.4. The average Bonchev–Trinajstić information content (AvgIpc) is 2.42. The number of alkyl halides is 3. The van der Waals surface area contributed by atoms with Crippen molar-refractivity contribution in [2.24, 2.45) is 0 Å². The van der Waals surface area contributed by atoms with Crippen LogP contribution in [0.15, 0.2) is 36.4 Å². The minimum absolute atomic E-state index is 0.242. The molecule has 116 valence electrons. The van der Waals surface area contributed by atoms with Crippen molar-refractivity contribution in [1.29, 1.82) is 0 Å². The lowest BCUT2D eigenvalue weighted by Crippen LogP contribution is -2.16. The number of carbonyl (C=O) groups excluding carboxylic acids is 1. The first-order valence-corrected chi connectivity index (χ1v) is 7.21. The summed E-state index contributed by atoms with van der Waals surface area (Å²) in [5.41, 5.74) is -0.714. The average molecular weight is 423 g/mol. The molecule has 0 saturated carbocycles. The molecule has 2 rings (SSSR count). The largest absolute Gasteiger partial charge is 0.419 e. The van der Waals surface area contributed by atoms with Crippen LogP contribution >= 0.6 is 22.6 Å². The number of rotatable bonds is 2. The number of aryl methyl sites for hydroxylation is 1. The maximum atomic E-state index is 13.9. The Morgan fingerprint density at radius 2 is 1.86 bits per heavy atom. The number of hydrogen-bond acceptors (Lipinski definition) is 1. The molecule has 0 fully saturated rings. The van der Waals surface area contributed by atoms with E-state index in [-0.39, 0.29) is 5.56 Å². The summed E-state index contributed by atoms with van der Waals surface area (Å²) in [6, 6.07) is 7.57. The third-order valence-corrected chi connectivity index (χ3v) is 4.15. The van der Waals surface area contributed by atoms with Gasteiger partial charge in [-0.3, -0.25) is 4.79 Å². The molecule has 2 nitrogen and oxygen atoms in total. The van der Waals surface area contributed by atoms with E-state index in [0.29, 0.717) is 6.07 Å². The molecule has 0 bridgehead atoms. The lowest BCUT2D eigenvalue weighted by atomic mass is 10.1. The lowest BCUT2D eigenvalue weighted by Gasteiger charge is -2.12. The first-order valence-electron chi connectivity index (χ1n) is 6.13. The number of nitrogens with one attached hydrogen (secondary N) is 1. The highest BCUT2D eigenvalue weighted by Gasteiger charge is 2.35. The van der Waals surface area contributed by atoms with Gasteiger partial charge in [-0.05, 0) is 59.3 Å². The van der Waals surface area contributed by atoms with Gasteiger partial charge in [-0.15, -0.1) is 0 Å². The summed E-state index contributed by atoms with van der Waals surface area (Å²) in [7, 11) is 0. The molecule has 0 aliphatic carbocycles. The lowest BCUT2D eigenvalue weighted by molar-refractivity contribution is -0.139. The van der Waals surface area contributed by atoms with Crippen LogP contribution in [0.1, 0.15) is 21.5 Å². The minimum Gasteiger partial charge on any atom is -0.319 e. The third kappa shape index (κ3) is 3.57. The van der Waals surface area contributed by atoms with E-state index in [2.05, 4.69) is 5.32 Å². The van der Waals surface area contributed by atoms with Crippen LogP contribution < -0.4 is 5.32 Å². The molecule has 2 aromatic rings. The van der Waals surface area contributed by atoms with Gasteiger partial charge in [0.1, 0.15) is 0 Å². The number of halogens is 5. The Bertz CT molecular complexity index is 728. The summed E-state index contributed by atoms with van der Waals surface area (Å²) in [5.74, 6) is -2.17. The number of carbonyl (C=O) groups is 1. The van der Waals surface area contributed by atoms with Gasteiger partial charge in [-0.2, -0.15) is 13.2 Å². The van der Waals surface area contributed by atoms with Crippen LogP contribution in [0.4, 0.5) is 23.2 Å². The summed E-state index contributed by atoms with van der Waals surface area (Å²) in [6.07, 6.45) is -4.82. The molecule has 0 saturated heterocycles. The Labute approximate surface area is 137 Å². The molecule has 0 unspecified atom stereocenters. The molecule has 22 heavy (non-hydrogen) atoms. The Morgan fingerprint density at radius 1 is 1.18 bits per heavy atom. The van der Waals surface area contributed by atoms with Gasteiger partial charge in [0.25, 0.3) is 5.91 Å². The Balaban J connectivity index is 2.31. The smallest absolute Gasteiger partial charge is 0.319 e. The summed E-state index contributed by atoms with van der Waals surface area (Å²) >= 11 is 2.03. The molecule has 0 spiro atoms. The third-order valence-electron chi connectivity index (χ3n) is 2.99. The van der Waals surface area contributed by atoms with E-state index in [1.165, 1.54) is 6.07 Å². The van der Waals surface area contributed by atoms with Crippen LogP contribution in [-0.4, -0.2) is 5.91 Å². The molecule has 0 heterocycles. The highest BCUT2D eigenvalue weighted by atomic mass is 127. The zero-order chi connectivity index (χ0) is 16.5. The second-order valence-electron chi connectivity index (χ2n) is 4.58. The van der Waals surface area contributed by atoms with E-state index < -0.39 is 29.2 Å².